The van der Waals surface area contributed by atoms with Gasteiger partial charge in [0, 0.05) is 10.9 Å². The number of thiazole rings is 1. The molecule has 0 saturated carbocycles. The molecule has 0 atom stereocenters. The number of benzene rings is 2. The van der Waals surface area contributed by atoms with Crippen LogP contribution in [0.4, 0.5) is 5.13 Å². The van der Waals surface area contributed by atoms with E-state index in [-0.39, 0.29) is 19.1 Å². The van der Waals surface area contributed by atoms with Gasteiger partial charge in [-0.2, -0.15) is 0 Å². The molecular weight excluding hydrogens is 442 g/mol. The minimum absolute atomic E-state index is 0.133. The number of aromatic nitrogens is 2. The largest absolute Gasteiger partial charge is 0.489 e. The Balaban J connectivity index is 1.16. The molecule has 3 heterocycles. The lowest BCUT2D eigenvalue weighted by Crippen LogP contribution is -2.14. The van der Waals surface area contributed by atoms with E-state index in [2.05, 4.69) is 15.5 Å². The third-order valence-electron chi connectivity index (χ3n) is 5.27. The number of nitrogens with zero attached hydrogens (tertiary/aromatic N) is 2. The molecule has 8 nitrogen and oxygen atoms in total. The number of carbonyl (C=O) groups is 1. The molecular formula is C24H21N3O5S. The molecule has 5 rings (SSSR count). The number of rotatable bonds is 7. The Hall–Kier alpha value is -3.85. The number of anilines is 1. The van der Waals surface area contributed by atoms with Crippen LogP contribution in [0.1, 0.15) is 22.6 Å². The molecule has 1 amide bonds. The van der Waals surface area contributed by atoms with Gasteiger partial charge < -0.3 is 24.1 Å². The summed E-state index contributed by atoms with van der Waals surface area (Å²) in [6.07, 6.45) is 0.239. The molecule has 0 saturated heterocycles. The summed E-state index contributed by atoms with van der Waals surface area (Å²) in [5.74, 6) is 2.76. The summed E-state index contributed by atoms with van der Waals surface area (Å²) >= 11 is 1.38. The molecule has 0 bridgehead atoms. The van der Waals surface area contributed by atoms with Crippen LogP contribution < -0.4 is 19.5 Å². The van der Waals surface area contributed by atoms with E-state index >= 15 is 0 Å². The first-order chi connectivity index (χ1) is 16.0. The molecule has 0 spiro atoms. The van der Waals surface area contributed by atoms with Gasteiger partial charge in [0.15, 0.2) is 16.6 Å². The smallest absolute Gasteiger partial charge is 0.231 e. The maximum atomic E-state index is 12.5. The minimum atomic E-state index is -0.133. The van der Waals surface area contributed by atoms with Crippen molar-refractivity contribution in [3.05, 3.63) is 70.4 Å². The first-order valence-corrected chi connectivity index (χ1v) is 11.2. The van der Waals surface area contributed by atoms with E-state index in [1.165, 1.54) is 11.3 Å². The fraction of sp³-hybridized carbons (Fsp3) is 0.208. The number of carbonyl (C=O) groups excluding carboxylic acids is 1. The van der Waals surface area contributed by atoms with Gasteiger partial charge in [-0.15, -0.1) is 11.3 Å². The van der Waals surface area contributed by atoms with Crippen LogP contribution in [-0.4, -0.2) is 22.8 Å². The highest BCUT2D eigenvalue weighted by Gasteiger charge is 2.16. The molecule has 9 heteroatoms. The first-order valence-electron chi connectivity index (χ1n) is 10.3. The number of hydrogen-bond donors (Lipinski definition) is 1. The van der Waals surface area contributed by atoms with Gasteiger partial charge in [-0.1, -0.05) is 17.3 Å². The van der Waals surface area contributed by atoms with Gasteiger partial charge in [0.1, 0.15) is 18.1 Å². The zero-order valence-electron chi connectivity index (χ0n) is 18.1. The predicted octanol–water partition coefficient (Wildman–Crippen LogP) is 4.90. The van der Waals surface area contributed by atoms with Gasteiger partial charge >= 0.3 is 0 Å². The van der Waals surface area contributed by atoms with E-state index < -0.39 is 0 Å². The van der Waals surface area contributed by atoms with Crippen LogP contribution in [-0.2, 0) is 17.8 Å². The summed E-state index contributed by atoms with van der Waals surface area (Å²) in [6.45, 7) is 4.36. The van der Waals surface area contributed by atoms with Gasteiger partial charge in [-0.05, 0) is 49.7 Å². The van der Waals surface area contributed by atoms with Gasteiger partial charge in [0.25, 0.3) is 0 Å². The van der Waals surface area contributed by atoms with E-state index in [9.17, 15) is 4.79 Å². The number of aryl methyl sites for hydroxylation is 2. The van der Waals surface area contributed by atoms with Crippen LogP contribution >= 0.6 is 11.3 Å². The zero-order valence-corrected chi connectivity index (χ0v) is 18.9. The van der Waals surface area contributed by atoms with Crippen molar-refractivity contribution in [2.24, 2.45) is 0 Å². The third kappa shape index (κ3) is 4.68. The molecule has 168 valence electrons. The number of ether oxygens (including phenoxy) is 3. The molecule has 2 aromatic carbocycles. The van der Waals surface area contributed by atoms with Crippen molar-refractivity contribution < 1.29 is 23.5 Å². The van der Waals surface area contributed by atoms with Crippen molar-refractivity contribution in [1.82, 2.24) is 10.1 Å². The molecule has 0 radical (unpaired) electrons. The highest BCUT2D eigenvalue weighted by Crippen LogP contribution is 2.36. The summed E-state index contributed by atoms with van der Waals surface area (Å²) in [7, 11) is 0. The van der Waals surface area contributed by atoms with E-state index in [1.54, 1.807) is 0 Å². The standard InChI is InChI=1S/C24H21N3O5S/c1-14-19(15(2)32-27-14)11-29-18-6-3-16(4-7-18)9-23(28)26-24-25-20(12-33-24)17-5-8-21-22(10-17)31-13-30-21/h3-8,10,12H,9,11,13H2,1-2H3,(H,25,26,28). The number of fused-ring (bicyclic) bond motifs is 1. The maximum Gasteiger partial charge on any atom is 0.231 e. The Morgan fingerprint density at radius 3 is 2.73 bits per heavy atom. The second-order valence-electron chi connectivity index (χ2n) is 7.57. The Bertz CT molecular complexity index is 1280. The second-order valence-corrected chi connectivity index (χ2v) is 8.42. The lowest BCUT2D eigenvalue weighted by atomic mass is 10.1. The first kappa shape index (κ1) is 21.0. The SMILES string of the molecule is Cc1noc(C)c1COc1ccc(CC(=O)Nc2nc(-c3ccc4c(c3)OCO4)cs2)cc1. The monoisotopic (exact) mass is 463 g/mol. The van der Waals surface area contributed by atoms with Gasteiger partial charge in [-0.3, -0.25) is 4.79 Å². The summed E-state index contributed by atoms with van der Waals surface area (Å²) in [4.78, 5) is 17.0. The number of amides is 1. The molecule has 4 aromatic rings. The van der Waals surface area contributed by atoms with Crippen LogP contribution in [0.5, 0.6) is 17.2 Å². The summed E-state index contributed by atoms with van der Waals surface area (Å²) in [5, 5.41) is 9.24. The van der Waals surface area contributed by atoms with E-state index in [0.29, 0.717) is 23.2 Å². The Kier molecular flexibility index (Phi) is 5.70. The van der Waals surface area contributed by atoms with Crippen LogP contribution in [0.3, 0.4) is 0 Å². The van der Waals surface area contributed by atoms with Crippen molar-refractivity contribution in [2.45, 2.75) is 26.9 Å². The minimum Gasteiger partial charge on any atom is -0.489 e. The normalized spacial score (nSPS) is 12.1. The number of nitrogens with one attached hydrogen (secondary N) is 1. The van der Waals surface area contributed by atoms with E-state index in [4.69, 9.17) is 18.7 Å². The fourth-order valence-corrected chi connectivity index (χ4v) is 4.17. The van der Waals surface area contributed by atoms with Crippen LogP contribution in [0.15, 0.2) is 52.4 Å². The topological polar surface area (TPSA) is 95.7 Å². The van der Waals surface area contributed by atoms with Crippen molar-refractivity contribution in [1.29, 1.82) is 0 Å². The Labute approximate surface area is 194 Å². The Morgan fingerprint density at radius 1 is 1.12 bits per heavy atom. The van der Waals surface area contributed by atoms with Crippen molar-refractivity contribution in [3.63, 3.8) is 0 Å². The van der Waals surface area contributed by atoms with Crippen molar-refractivity contribution >= 4 is 22.4 Å². The lowest BCUT2D eigenvalue weighted by Gasteiger charge is -2.07. The quantitative estimate of drug-likeness (QED) is 0.416. The fourth-order valence-electron chi connectivity index (χ4n) is 3.44. The maximum absolute atomic E-state index is 12.5. The molecule has 33 heavy (non-hydrogen) atoms. The highest BCUT2D eigenvalue weighted by molar-refractivity contribution is 7.14. The summed E-state index contributed by atoms with van der Waals surface area (Å²) in [6, 6.07) is 13.1. The average molecular weight is 464 g/mol. The lowest BCUT2D eigenvalue weighted by molar-refractivity contribution is -0.115. The van der Waals surface area contributed by atoms with E-state index in [1.807, 2.05) is 61.7 Å². The van der Waals surface area contributed by atoms with Crippen LogP contribution in [0.2, 0.25) is 0 Å². The van der Waals surface area contributed by atoms with Gasteiger partial charge in [0.05, 0.1) is 23.4 Å². The predicted molar refractivity (Wildman–Crippen MR) is 123 cm³/mol. The molecule has 0 aliphatic carbocycles. The Morgan fingerprint density at radius 2 is 1.94 bits per heavy atom. The molecule has 0 unspecified atom stereocenters. The summed E-state index contributed by atoms with van der Waals surface area (Å²) < 4.78 is 21.7. The zero-order chi connectivity index (χ0) is 22.8. The van der Waals surface area contributed by atoms with Crippen LogP contribution in [0.25, 0.3) is 11.3 Å². The molecule has 1 N–H and O–H groups in total. The van der Waals surface area contributed by atoms with Gasteiger partial charge in [-0.25, -0.2) is 4.98 Å². The molecule has 1 aliphatic heterocycles. The number of hydrogen-bond acceptors (Lipinski definition) is 8. The molecule has 2 aromatic heterocycles. The average Bonchev–Trinajstić information content (AvgIpc) is 3.54. The summed E-state index contributed by atoms with van der Waals surface area (Å²) in [5.41, 5.74) is 4.33. The van der Waals surface area contributed by atoms with Crippen LogP contribution in [0, 0.1) is 13.8 Å². The molecule has 0 fully saturated rings. The highest BCUT2D eigenvalue weighted by atomic mass is 32.1. The van der Waals surface area contributed by atoms with Gasteiger partial charge in [0.2, 0.25) is 12.7 Å². The van der Waals surface area contributed by atoms with E-state index in [0.717, 1.165) is 39.6 Å². The molecule has 1 aliphatic rings. The third-order valence-corrected chi connectivity index (χ3v) is 6.03. The van der Waals surface area contributed by atoms with Crippen molar-refractivity contribution in [3.8, 4) is 28.5 Å². The van der Waals surface area contributed by atoms with Crippen molar-refractivity contribution in [2.75, 3.05) is 12.1 Å². The second kappa shape index (κ2) is 8.95.